The van der Waals surface area contributed by atoms with E-state index in [2.05, 4.69) is 35.8 Å². The van der Waals surface area contributed by atoms with Gasteiger partial charge in [-0.3, -0.25) is 4.79 Å². The van der Waals surface area contributed by atoms with E-state index in [0.717, 1.165) is 6.42 Å². The first-order valence-corrected chi connectivity index (χ1v) is 7.45. The molecule has 0 aliphatic carbocycles. The van der Waals surface area contributed by atoms with E-state index in [4.69, 9.17) is 4.74 Å². The Morgan fingerprint density at radius 3 is 2.65 bits per heavy atom. The Labute approximate surface area is 123 Å². The van der Waals surface area contributed by atoms with Gasteiger partial charge in [0.15, 0.2) is 0 Å². The molecule has 0 radical (unpaired) electrons. The molecule has 1 heterocycles. The van der Waals surface area contributed by atoms with E-state index >= 15 is 0 Å². The van der Waals surface area contributed by atoms with Crippen molar-refractivity contribution < 1.29 is 9.53 Å². The van der Waals surface area contributed by atoms with Gasteiger partial charge in [-0.1, -0.05) is 30.3 Å². The normalized spacial score (nSPS) is 12.1. The minimum absolute atomic E-state index is 0.0000463. The molecule has 1 aromatic carbocycles. The number of methoxy groups -OCH3 is 1. The van der Waals surface area contributed by atoms with Gasteiger partial charge in [-0.05, 0) is 35.9 Å². The van der Waals surface area contributed by atoms with Gasteiger partial charge >= 0.3 is 0 Å². The standard InChI is InChI=1S/C16H19NO2S/c1-12-8-9-20-16(12)14(17-15(18)11-19-2)10-13-6-4-3-5-7-13/h3-9,14H,10-11H2,1-2H3,(H,17,18). The van der Waals surface area contributed by atoms with Crippen molar-refractivity contribution in [1.82, 2.24) is 5.32 Å². The highest BCUT2D eigenvalue weighted by atomic mass is 32.1. The second-order valence-corrected chi connectivity index (χ2v) is 5.66. The molecule has 0 spiro atoms. The molecule has 0 aliphatic rings. The van der Waals surface area contributed by atoms with Gasteiger partial charge in [0.2, 0.25) is 5.91 Å². The van der Waals surface area contributed by atoms with Crippen molar-refractivity contribution in [3.05, 3.63) is 57.8 Å². The molecular formula is C16H19NO2S. The van der Waals surface area contributed by atoms with Crippen LogP contribution in [0.5, 0.6) is 0 Å². The second kappa shape index (κ2) is 7.22. The second-order valence-electron chi connectivity index (χ2n) is 4.71. The average Bonchev–Trinajstić information content (AvgIpc) is 2.86. The van der Waals surface area contributed by atoms with E-state index in [1.807, 2.05) is 18.2 Å². The first kappa shape index (κ1) is 14.8. The summed E-state index contributed by atoms with van der Waals surface area (Å²) < 4.78 is 4.89. The lowest BCUT2D eigenvalue weighted by atomic mass is 10.0. The number of rotatable bonds is 6. The summed E-state index contributed by atoms with van der Waals surface area (Å²) in [5.41, 5.74) is 2.43. The first-order valence-electron chi connectivity index (χ1n) is 6.57. The Bertz CT molecular complexity index is 551. The number of carbonyl (C=O) groups is 1. The lowest BCUT2D eigenvalue weighted by Crippen LogP contribution is -2.32. The van der Waals surface area contributed by atoms with E-state index in [9.17, 15) is 4.79 Å². The third-order valence-electron chi connectivity index (χ3n) is 3.11. The van der Waals surface area contributed by atoms with Crippen LogP contribution in [0.2, 0.25) is 0 Å². The maximum absolute atomic E-state index is 11.8. The smallest absolute Gasteiger partial charge is 0.246 e. The quantitative estimate of drug-likeness (QED) is 0.887. The molecule has 0 fully saturated rings. The van der Waals surface area contributed by atoms with Gasteiger partial charge < -0.3 is 10.1 Å². The molecule has 1 unspecified atom stereocenters. The van der Waals surface area contributed by atoms with Crippen molar-refractivity contribution >= 4 is 17.2 Å². The molecule has 106 valence electrons. The number of carbonyl (C=O) groups excluding carboxylic acids is 1. The minimum atomic E-state index is -0.0822. The van der Waals surface area contributed by atoms with Gasteiger partial charge in [-0.2, -0.15) is 0 Å². The predicted octanol–water partition coefficient (Wildman–Crippen LogP) is 3.10. The molecule has 2 rings (SSSR count). The zero-order valence-electron chi connectivity index (χ0n) is 11.8. The Kier molecular flexibility index (Phi) is 5.32. The summed E-state index contributed by atoms with van der Waals surface area (Å²) in [5, 5.41) is 5.12. The fraction of sp³-hybridized carbons (Fsp3) is 0.312. The molecule has 0 aliphatic heterocycles. The number of thiophene rings is 1. The number of benzene rings is 1. The van der Waals surface area contributed by atoms with E-state index in [1.54, 1.807) is 11.3 Å². The monoisotopic (exact) mass is 289 g/mol. The summed E-state index contributed by atoms with van der Waals surface area (Å²) in [5.74, 6) is -0.0822. The van der Waals surface area contributed by atoms with Crippen molar-refractivity contribution in [2.45, 2.75) is 19.4 Å². The number of amides is 1. The van der Waals surface area contributed by atoms with E-state index in [1.165, 1.54) is 23.1 Å². The summed E-state index contributed by atoms with van der Waals surface area (Å²) >= 11 is 1.68. The van der Waals surface area contributed by atoms with Crippen molar-refractivity contribution in [1.29, 1.82) is 0 Å². The SMILES string of the molecule is COCC(=O)NC(Cc1ccccc1)c1sccc1C. The summed E-state index contributed by atoms with van der Waals surface area (Å²) in [6.45, 7) is 2.17. The highest BCUT2D eigenvalue weighted by molar-refractivity contribution is 7.10. The maximum atomic E-state index is 11.8. The predicted molar refractivity (Wildman–Crippen MR) is 82.0 cm³/mol. The van der Waals surface area contributed by atoms with Crippen molar-refractivity contribution in [3.8, 4) is 0 Å². The molecule has 0 saturated heterocycles. The zero-order valence-corrected chi connectivity index (χ0v) is 12.6. The number of nitrogens with one attached hydrogen (secondary N) is 1. The molecule has 4 heteroatoms. The Hall–Kier alpha value is -1.65. The van der Waals surface area contributed by atoms with Crippen LogP contribution in [0.1, 0.15) is 22.0 Å². The molecule has 2 aromatic rings. The van der Waals surface area contributed by atoms with Crippen LogP contribution in [0.3, 0.4) is 0 Å². The van der Waals surface area contributed by atoms with Gasteiger partial charge in [0, 0.05) is 12.0 Å². The molecule has 1 N–H and O–H groups in total. The molecule has 1 amide bonds. The van der Waals surface area contributed by atoms with Gasteiger partial charge in [0.1, 0.15) is 6.61 Å². The van der Waals surface area contributed by atoms with Crippen LogP contribution < -0.4 is 5.32 Å². The summed E-state index contributed by atoms with van der Waals surface area (Å²) in [6.07, 6.45) is 0.789. The lowest BCUT2D eigenvalue weighted by Gasteiger charge is -2.18. The Morgan fingerprint density at radius 1 is 1.30 bits per heavy atom. The van der Waals surface area contributed by atoms with Crippen LogP contribution in [0.4, 0.5) is 0 Å². The van der Waals surface area contributed by atoms with E-state index in [0.29, 0.717) is 0 Å². The van der Waals surface area contributed by atoms with E-state index < -0.39 is 0 Å². The van der Waals surface area contributed by atoms with Crippen LogP contribution in [0.15, 0.2) is 41.8 Å². The topological polar surface area (TPSA) is 38.3 Å². The van der Waals surface area contributed by atoms with Crippen LogP contribution in [-0.4, -0.2) is 19.6 Å². The minimum Gasteiger partial charge on any atom is -0.375 e. The molecule has 1 atom stereocenters. The molecule has 20 heavy (non-hydrogen) atoms. The van der Waals surface area contributed by atoms with Crippen molar-refractivity contribution in [3.63, 3.8) is 0 Å². The number of hydrogen-bond acceptors (Lipinski definition) is 3. The van der Waals surface area contributed by atoms with Crippen LogP contribution in [0, 0.1) is 6.92 Å². The van der Waals surface area contributed by atoms with Crippen LogP contribution in [-0.2, 0) is 16.0 Å². The summed E-state index contributed by atoms with van der Waals surface area (Å²) in [6, 6.07) is 12.3. The lowest BCUT2D eigenvalue weighted by molar-refractivity contribution is -0.125. The van der Waals surface area contributed by atoms with Gasteiger partial charge in [-0.15, -0.1) is 11.3 Å². The van der Waals surface area contributed by atoms with Crippen LogP contribution >= 0.6 is 11.3 Å². The molecule has 1 aromatic heterocycles. The van der Waals surface area contributed by atoms with Crippen molar-refractivity contribution in [2.24, 2.45) is 0 Å². The molecular weight excluding hydrogens is 270 g/mol. The number of hydrogen-bond donors (Lipinski definition) is 1. The van der Waals surface area contributed by atoms with Gasteiger partial charge in [0.25, 0.3) is 0 Å². The molecule has 3 nitrogen and oxygen atoms in total. The third kappa shape index (κ3) is 3.92. The van der Waals surface area contributed by atoms with E-state index in [-0.39, 0.29) is 18.6 Å². The summed E-state index contributed by atoms with van der Waals surface area (Å²) in [4.78, 5) is 13.0. The first-order chi connectivity index (χ1) is 9.70. The van der Waals surface area contributed by atoms with Gasteiger partial charge in [-0.25, -0.2) is 0 Å². The third-order valence-corrected chi connectivity index (χ3v) is 4.24. The number of ether oxygens (including phenoxy) is 1. The van der Waals surface area contributed by atoms with Gasteiger partial charge in [0.05, 0.1) is 6.04 Å². The highest BCUT2D eigenvalue weighted by Gasteiger charge is 2.18. The Balaban J connectivity index is 2.16. The average molecular weight is 289 g/mol. The fourth-order valence-electron chi connectivity index (χ4n) is 2.17. The zero-order chi connectivity index (χ0) is 14.4. The molecule has 0 saturated carbocycles. The van der Waals surface area contributed by atoms with Crippen molar-refractivity contribution in [2.75, 3.05) is 13.7 Å². The summed E-state index contributed by atoms with van der Waals surface area (Å²) in [7, 11) is 1.53. The number of aryl methyl sites for hydroxylation is 1. The maximum Gasteiger partial charge on any atom is 0.246 e. The highest BCUT2D eigenvalue weighted by Crippen LogP contribution is 2.26. The largest absolute Gasteiger partial charge is 0.375 e. The molecule has 0 bridgehead atoms. The fourth-order valence-corrected chi connectivity index (χ4v) is 3.15. The van der Waals surface area contributed by atoms with Crippen LogP contribution in [0.25, 0.3) is 0 Å². The Morgan fingerprint density at radius 2 is 2.05 bits per heavy atom.